The van der Waals surface area contributed by atoms with E-state index in [1.54, 1.807) is 19.3 Å². The van der Waals surface area contributed by atoms with Crippen LogP contribution in [0.1, 0.15) is 27.0 Å². The molecule has 0 radical (unpaired) electrons. The average molecular weight is 407 g/mol. The Morgan fingerprint density at radius 1 is 1.00 bits per heavy atom. The van der Waals surface area contributed by atoms with Crippen molar-refractivity contribution in [1.29, 1.82) is 0 Å². The number of fused-ring (bicyclic) bond motifs is 1. The second-order valence-electron chi connectivity index (χ2n) is 6.69. The maximum atomic E-state index is 12.7. The van der Waals surface area contributed by atoms with Crippen molar-refractivity contribution in [2.45, 2.75) is 13.5 Å². The number of halogens is 1. The number of ketones is 1. The van der Waals surface area contributed by atoms with Crippen LogP contribution in [0.3, 0.4) is 0 Å². The van der Waals surface area contributed by atoms with E-state index in [9.17, 15) is 4.79 Å². The van der Waals surface area contributed by atoms with Crippen LogP contribution < -0.4 is 14.2 Å². The summed E-state index contributed by atoms with van der Waals surface area (Å²) in [6.07, 6.45) is 1.73. The van der Waals surface area contributed by atoms with Gasteiger partial charge in [-0.2, -0.15) is 0 Å². The molecule has 4 rings (SSSR count). The van der Waals surface area contributed by atoms with Gasteiger partial charge in [0.05, 0.1) is 12.7 Å². The van der Waals surface area contributed by atoms with E-state index < -0.39 is 0 Å². The van der Waals surface area contributed by atoms with Gasteiger partial charge in [-0.15, -0.1) is 0 Å². The minimum atomic E-state index is -0.136. The fourth-order valence-corrected chi connectivity index (χ4v) is 3.24. The van der Waals surface area contributed by atoms with Crippen molar-refractivity contribution < 1.29 is 19.0 Å². The van der Waals surface area contributed by atoms with Crippen LogP contribution in [0, 0.1) is 6.92 Å². The number of benzene rings is 3. The molecule has 0 saturated heterocycles. The van der Waals surface area contributed by atoms with Crippen LogP contribution in [0.25, 0.3) is 6.08 Å². The van der Waals surface area contributed by atoms with Crippen molar-refractivity contribution in [3.05, 3.63) is 93.7 Å². The van der Waals surface area contributed by atoms with Crippen molar-refractivity contribution in [1.82, 2.24) is 0 Å². The highest BCUT2D eigenvalue weighted by Gasteiger charge is 2.30. The first-order valence-electron chi connectivity index (χ1n) is 9.14. The summed E-state index contributed by atoms with van der Waals surface area (Å²) in [4.78, 5) is 12.7. The van der Waals surface area contributed by atoms with Gasteiger partial charge < -0.3 is 14.2 Å². The third-order valence-electron chi connectivity index (χ3n) is 4.76. The molecule has 0 aromatic heterocycles. The fraction of sp³-hybridized carbons (Fsp3) is 0.125. The highest BCUT2D eigenvalue weighted by molar-refractivity contribution is 6.30. The first-order chi connectivity index (χ1) is 14.0. The number of carbonyl (C=O) groups is 1. The summed E-state index contributed by atoms with van der Waals surface area (Å²) in [6, 6.07) is 18.5. The molecule has 3 aromatic carbocycles. The van der Waals surface area contributed by atoms with Crippen LogP contribution >= 0.6 is 11.6 Å². The SMILES string of the molecule is COc1ccc(/C=C2\Oc3c(ccc(OCc4ccc(Cl)cc4)c3C)C2=O)cc1. The zero-order valence-electron chi connectivity index (χ0n) is 16.1. The number of Topliss-reactive ketones (excluding diaryl/α,β-unsaturated/α-hetero) is 1. The monoisotopic (exact) mass is 406 g/mol. The van der Waals surface area contributed by atoms with Gasteiger partial charge in [0.2, 0.25) is 5.78 Å². The molecule has 1 aliphatic rings. The smallest absolute Gasteiger partial charge is 0.231 e. The Balaban J connectivity index is 1.54. The van der Waals surface area contributed by atoms with Crippen LogP contribution in [0.15, 0.2) is 66.4 Å². The molecule has 0 fully saturated rings. The van der Waals surface area contributed by atoms with Crippen LogP contribution in [0.5, 0.6) is 17.2 Å². The Morgan fingerprint density at radius 3 is 2.41 bits per heavy atom. The van der Waals surface area contributed by atoms with Gasteiger partial charge in [0.25, 0.3) is 0 Å². The summed E-state index contributed by atoms with van der Waals surface area (Å²) in [7, 11) is 1.61. The first kappa shape index (κ1) is 19.1. The van der Waals surface area contributed by atoms with Crippen molar-refractivity contribution >= 4 is 23.5 Å². The van der Waals surface area contributed by atoms with Crippen molar-refractivity contribution in [3.63, 3.8) is 0 Å². The average Bonchev–Trinajstić information content (AvgIpc) is 3.06. The normalized spacial score (nSPS) is 13.9. The molecule has 0 amide bonds. The molecule has 0 saturated carbocycles. The van der Waals surface area contributed by atoms with Crippen molar-refractivity contribution in [2.75, 3.05) is 7.11 Å². The van der Waals surface area contributed by atoms with Gasteiger partial charge in [0.1, 0.15) is 23.9 Å². The molecule has 0 N–H and O–H groups in total. The Hall–Kier alpha value is -3.24. The number of carbonyl (C=O) groups excluding carboxylic acids is 1. The van der Waals surface area contributed by atoms with Gasteiger partial charge in [-0.3, -0.25) is 4.79 Å². The lowest BCUT2D eigenvalue weighted by molar-refractivity contribution is 0.101. The quantitative estimate of drug-likeness (QED) is 0.498. The summed E-state index contributed by atoms with van der Waals surface area (Å²) in [5.74, 6) is 2.14. The van der Waals surface area contributed by atoms with Gasteiger partial charge in [-0.25, -0.2) is 0 Å². The second kappa shape index (κ2) is 8.02. The number of rotatable bonds is 5. The lowest BCUT2D eigenvalue weighted by Gasteiger charge is -2.11. The molecule has 3 aromatic rings. The maximum Gasteiger partial charge on any atom is 0.231 e. The van der Waals surface area contributed by atoms with Gasteiger partial charge in [0, 0.05) is 10.6 Å². The number of ether oxygens (including phenoxy) is 3. The molecular formula is C24H19ClO4. The van der Waals surface area contributed by atoms with Gasteiger partial charge in [-0.05, 0) is 60.5 Å². The molecule has 0 atom stereocenters. The number of allylic oxidation sites excluding steroid dienone is 1. The van der Waals surface area contributed by atoms with E-state index in [4.69, 9.17) is 25.8 Å². The zero-order valence-corrected chi connectivity index (χ0v) is 16.8. The highest BCUT2D eigenvalue weighted by Crippen LogP contribution is 2.39. The highest BCUT2D eigenvalue weighted by atomic mass is 35.5. The van der Waals surface area contributed by atoms with E-state index in [0.29, 0.717) is 34.5 Å². The van der Waals surface area contributed by atoms with Crippen molar-refractivity contribution in [3.8, 4) is 17.2 Å². The second-order valence-corrected chi connectivity index (χ2v) is 7.13. The zero-order chi connectivity index (χ0) is 20.4. The van der Waals surface area contributed by atoms with Crippen LogP contribution in [-0.2, 0) is 6.61 Å². The Bertz CT molecular complexity index is 1080. The summed E-state index contributed by atoms with van der Waals surface area (Å²) in [5.41, 5.74) is 3.20. The third kappa shape index (κ3) is 3.98. The summed E-state index contributed by atoms with van der Waals surface area (Å²) < 4.78 is 17.0. The molecule has 0 aliphatic carbocycles. The molecule has 4 nitrogen and oxygen atoms in total. The van der Waals surface area contributed by atoms with E-state index in [2.05, 4.69) is 0 Å². The number of hydrogen-bond acceptors (Lipinski definition) is 4. The molecule has 5 heteroatoms. The Morgan fingerprint density at radius 2 is 1.72 bits per heavy atom. The Labute approximate surface area is 174 Å². The summed E-state index contributed by atoms with van der Waals surface area (Å²) in [5, 5.41) is 0.686. The maximum absolute atomic E-state index is 12.7. The Kier molecular flexibility index (Phi) is 5.28. The predicted molar refractivity (Wildman–Crippen MR) is 113 cm³/mol. The van der Waals surface area contributed by atoms with E-state index in [1.165, 1.54) is 0 Å². The molecule has 0 unspecified atom stereocenters. The summed E-state index contributed by atoms with van der Waals surface area (Å²) in [6.45, 7) is 2.29. The van der Waals surface area contributed by atoms with Gasteiger partial charge in [0.15, 0.2) is 5.76 Å². The van der Waals surface area contributed by atoms with E-state index in [-0.39, 0.29) is 5.78 Å². The molecule has 1 heterocycles. The largest absolute Gasteiger partial charge is 0.497 e. The topological polar surface area (TPSA) is 44.8 Å². The minimum Gasteiger partial charge on any atom is -0.497 e. The van der Waals surface area contributed by atoms with Gasteiger partial charge in [-0.1, -0.05) is 35.9 Å². The van der Waals surface area contributed by atoms with Crippen molar-refractivity contribution in [2.24, 2.45) is 0 Å². The standard InChI is InChI=1S/C24H19ClO4/c1-15-21(28-14-17-3-7-18(25)8-4-17)12-11-20-23(26)22(29-24(15)20)13-16-5-9-19(27-2)10-6-16/h3-13H,14H2,1-2H3/b22-13-. The van der Waals surface area contributed by atoms with Gasteiger partial charge >= 0.3 is 0 Å². The molecule has 146 valence electrons. The molecular weight excluding hydrogens is 388 g/mol. The predicted octanol–water partition coefficient (Wildman–Crippen LogP) is 5.85. The van der Waals surface area contributed by atoms with Crippen LogP contribution in [0.4, 0.5) is 0 Å². The van der Waals surface area contributed by atoms with E-state index in [0.717, 1.165) is 22.4 Å². The molecule has 0 bridgehead atoms. The molecule has 0 spiro atoms. The lowest BCUT2D eigenvalue weighted by Crippen LogP contribution is -1.98. The van der Waals surface area contributed by atoms with E-state index >= 15 is 0 Å². The minimum absolute atomic E-state index is 0.136. The number of methoxy groups -OCH3 is 1. The first-order valence-corrected chi connectivity index (χ1v) is 9.52. The van der Waals surface area contributed by atoms with Crippen LogP contribution in [0.2, 0.25) is 5.02 Å². The fourth-order valence-electron chi connectivity index (χ4n) is 3.12. The third-order valence-corrected chi connectivity index (χ3v) is 5.01. The van der Waals surface area contributed by atoms with E-state index in [1.807, 2.05) is 61.5 Å². The number of hydrogen-bond donors (Lipinski definition) is 0. The molecule has 1 aliphatic heterocycles. The van der Waals surface area contributed by atoms with Crippen LogP contribution in [-0.4, -0.2) is 12.9 Å². The lowest BCUT2D eigenvalue weighted by atomic mass is 10.1. The summed E-state index contributed by atoms with van der Waals surface area (Å²) >= 11 is 5.92. The molecule has 29 heavy (non-hydrogen) atoms.